The molecule has 0 amide bonds. The van der Waals surface area contributed by atoms with E-state index < -0.39 is 17.2 Å². The second-order valence-electron chi connectivity index (χ2n) is 4.81. The van der Waals surface area contributed by atoms with Crippen LogP contribution in [0.5, 0.6) is 5.75 Å². The molecule has 0 aromatic heterocycles. The van der Waals surface area contributed by atoms with Gasteiger partial charge in [0.1, 0.15) is 23.0 Å². The number of aliphatic hydroxyl groups is 1. The summed E-state index contributed by atoms with van der Waals surface area (Å²) in [4.78, 5) is 0. The van der Waals surface area contributed by atoms with Gasteiger partial charge < -0.3 is 15.6 Å². The molecule has 2 aromatic rings. The second kappa shape index (κ2) is 6.65. The minimum Gasteiger partial charge on any atom is -0.493 e. The third-order valence-electron chi connectivity index (χ3n) is 3.27. The van der Waals surface area contributed by atoms with Gasteiger partial charge in [-0.1, -0.05) is 30.3 Å². The fraction of sp³-hybridized carbons (Fsp3) is 0.250. The van der Waals surface area contributed by atoms with Gasteiger partial charge in [0.25, 0.3) is 0 Å². The van der Waals surface area contributed by atoms with Crippen molar-refractivity contribution < 1.29 is 18.6 Å². The summed E-state index contributed by atoms with van der Waals surface area (Å²) >= 11 is 0. The summed E-state index contributed by atoms with van der Waals surface area (Å²) < 4.78 is 31.4. The van der Waals surface area contributed by atoms with Gasteiger partial charge in [-0.15, -0.1) is 0 Å². The molecular formula is C16H17F2NO2. The van der Waals surface area contributed by atoms with Crippen molar-refractivity contribution in [1.29, 1.82) is 0 Å². The average molecular weight is 293 g/mol. The highest BCUT2D eigenvalue weighted by Gasteiger charge is 2.27. The number of benzene rings is 2. The van der Waals surface area contributed by atoms with Crippen molar-refractivity contribution in [1.82, 2.24) is 0 Å². The standard InChI is InChI=1S/C16H17F2NO2/c17-13-8-14(18)10-15(9-13)21-7-6-16(20,11-19)12-4-2-1-3-5-12/h1-5,8-10,20H,6-7,11,19H2. The molecule has 3 N–H and O–H groups in total. The third-order valence-corrected chi connectivity index (χ3v) is 3.27. The molecule has 2 rings (SSSR count). The molecule has 21 heavy (non-hydrogen) atoms. The minimum absolute atomic E-state index is 0.0257. The summed E-state index contributed by atoms with van der Waals surface area (Å²) in [6.45, 7) is 0.114. The van der Waals surface area contributed by atoms with E-state index in [2.05, 4.69) is 0 Å². The van der Waals surface area contributed by atoms with E-state index >= 15 is 0 Å². The molecule has 3 nitrogen and oxygen atoms in total. The monoisotopic (exact) mass is 293 g/mol. The number of nitrogens with two attached hydrogens (primary N) is 1. The van der Waals surface area contributed by atoms with E-state index in [4.69, 9.17) is 10.5 Å². The molecule has 0 aliphatic rings. The van der Waals surface area contributed by atoms with Gasteiger partial charge in [-0.25, -0.2) is 8.78 Å². The van der Waals surface area contributed by atoms with E-state index in [-0.39, 0.29) is 25.3 Å². The lowest BCUT2D eigenvalue weighted by Gasteiger charge is -2.27. The van der Waals surface area contributed by atoms with E-state index in [1.807, 2.05) is 6.07 Å². The predicted molar refractivity (Wildman–Crippen MR) is 75.9 cm³/mol. The third kappa shape index (κ3) is 4.00. The Hall–Kier alpha value is -1.98. The smallest absolute Gasteiger partial charge is 0.129 e. The van der Waals surface area contributed by atoms with Crippen LogP contribution in [0.25, 0.3) is 0 Å². The van der Waals surface area contributed by atoms with Crippen LogP contribution in [0.15, 0.2) is 48.5 Å². The van der Waals surface area contributed by atoms with Gasteiger partial charge in [-0.05, 0) is 5.56 Å². The summed E-state index contributed by atoms with van der Waals surface area (Å²) in [6, 6.07) is 11.9. The Morgan fingerprint density at radius 1 is 1.05 bits per heavy atom. The molecule has 0 saturated carbocycles. The molecule has 0 spiro atoms. The average Bonchev–Trinajstić information content (AvgIpc) is 2.47. The van der Waals surface area contributed by atoms with Gasteiger partial charge in [0, 0.05) is 31.2 Å². The largest absolute Gasteiger partial charge is 0.493 e. The lowest BCUT2D eigenvalue weighted by Crippen LogP contribution is -2.36. The highest BCUT2D eigenvalue weighted by Crippen LogP contribution is 2.24. The van der Waals surface area contributed by atoms with Gasteiger partial charge in [0.15, 0.2) is 0 Å². The Morgan fingerprint density at radius 3 is 2.24 bits per heavy atom. The van der Waals surface area contributed by atoms with Crippen molar-refractivity contribution >= 4 is 0 Å². The molecule has 0 aliphatic carbocycles. The van der Waals surface area contributed by atoms with Crippen molar-refractivity contribution in [2.75, 3.05) is 13.2 Å². The van der Waals surface area contributed by atoms with Crippen molar-refractivity contribution in [3.8, 4) is 5.75 Å². The second-order valence-corrected chi connectivity index (χ2v) is 4.81. The van der Waals surface area contributed by atoms with E-state index in [0.29, 0.717) is 5.56 Å². The summed E-state index contributed by atoms with van der Waals surface area (Å²) in [7, 11) is 0. The normalized spacial score (nSPS) is 13.7. The Kier molecular flexibility index (Phi) is 4.88. The van der Waals surface area contributed by atoms with E-state index in [1.54, 1.807) is 24.3 Å². The van der Waals surface area contributed by atoms with Crippen LogP contribution in [0.2, 0.25) is 0 Å². The van der Waals surface area contributed by atoms with Crippen LogP contribution >= 0.6 is 0 Å². The van der Waals surface area contributed by atoms with Crippen LogP contribution in [0.3, 0.4) is 0 Å². The van der Waals surface area contributed by atoms with Crippen LogP contribution in [0.1, 0.15) is 12.0 Å². The first kappa shape index (κ1) is 15.4. The van der Waals surface area contributed by atoms with Gasteiger partial charge in [0.2, 0.25) is 0 Å². The topological polar surface area (TPSA) is 55.5 Å². The first-order chi connectivity index (χ1) is 10.0. The summed E-state index contributed by atoms with van der Waals surface area (Å²) in [5.74, 6) is -1.33. The number of ether oxygens (including phenoxy) is 1. The summed E-state index contributed by atoms with van der Waals surface area (Å²) in [6.07, 6.45) is 0.214. The Morgan fingerprint density at radius 2 is 1.67 bits per heavy atom. The molecule has 0 fully saturated rings. The lowest BCUT2D eigenvalue weighted by atomic mass is 9.91. The molecule has 1 unspecified atom stereocenters. The fourth-order valence-corrected chi connectivity index (χ4v) is 2.06. The van der Waals surface area contributed by atoms with Crippen LogP contribution in [-0.4, -0.2) is 18.3 Å². The van der Waals surface area contributed by atoms with Gasteiger partial charge in [-0.3, -0.25) is 0 Å². The van der Waals surface area contributed by atoms with Crippen molar-refractivity contribution in [3.05, 3.63) is 65.7 Å². The van der Waals surface area contributed by atoms with Gasteiger partial charge in [0.05, 0.1) is 6.61 Å². The first-order valence-corrected chi connectivity index (χ1v) is 6.60. The zero-order valence-electron chi connectivity index (χ0n) is 11.4. The first-order valence-electron chi connectivity index (χ1n) is 6.60. The van der Waals surface area contributed by atoms with E-state index in [0.717, 1.165) is 18.2 Å². The molecule has 2 aromatic carbocycles. The van der Waals surface area contributed by atoms with Crippen molar-refractivity contribution in [3.63, 3.8) is 0 Å². The number of hydrogen-bond acceptors (Lipinski definition) is 3. The van der Waals surface area contributed by atoms with E-state index in [9.17, 15) is 13.9 Å². The molecule has 0 saturated heterocycles. The summed E-state index contributed by atoms with van der Waals surface area (Å²) in [5.41, 5.74) is 5.09. The van der Waals surface area contributed by atoms with Crippen LogP contribution in [0, 0.1) is 11.6 Å². The number of rotatable bonds is 6. The maximum absolute atomic E-state index is 13.0. The Labute approximate surface area is 122 Å². The Balaban J connectivity index is 2.00. The van der Waals surface area contributed by atoms with Crippen molar-refractivity contribution in [2.24, 2.45) is 5.73 Å². The van der Waals surface area contributed by atoms with Crippen LogP contribution in [0.4, 0.5) is 8.78 Å². The van der Waals surface area contributed by atoms with Gasteiger partial charge >= 0.3 is 0 Å². The zero-order chi connectivity index (χ0) is 15.3. The quantitative estimate of drug-likeness (QED) is 0.860. The number of halogens is 2. The lowest BCUT2D eigenvalue weighted by molar-refractivity contribution is 0.0232. The van der Waals surface area contributed by atoms with Crippen LogP contribution in [-0.2, 0) is 5.60 Å². The molecule has 0 heterocycles. The predicted octanol–water partition coefficient (Wildman–Crippen LogP) is 2.58. The maximum Gasteiger partial charge on any atom is 0.129 e. The van der Waals surface area contributed by atoms with Crippen molar-refractivity contribution in [2.45, 2.75) is 12.0 Å². The van der Waals surface area contributed by atoms with E-state index in [1.165, 1.54) is 0 Å². The SMILES string of the molecule is NCC(O)(CCOc1cc(F)cc(F)c1)c1ccccc1. The maximum atomic E-state index is 13.0. The summed E-state index contributed by atoms with van der Waals surface area (Å²) in [5, 5.41) is 10.5. The molecule has 0 aliphatic heterocycles. The van der Waals surface area contributed by atoms with Crippen LogP contribution < -0.4 is 10.5 Å². The fourth-order valence-electron chi connectivity index (χ4n) is 2.06. The Bertz CT molecular complexity index is 572. The highest BCUT2D eigenvalue weighted by atomic mass is 19.1. The molecular weight excluding hydrogens is 276 g/mol. The molecule has 5 heteroatoms. The molecule has 112 valence electrons. The molecule has 0 radical (unpaired) electrons. The zero-order valence-corrected chi connectivity index (χ0v) is 11.4. The molecule has 1 atom stereocenters. The minimum atomic E-state index is -1.23. The van der Waals surface area contributed by atoms with Gasteiger partial charge in [-0.2, -0.15) is 0 Å². The highest BCUT2D eigenvalue weighted by molar-refractivity contribution is 5.25. The number of hydrogen-bond donors (Lipinski definition) is 2. The molecule has 0 bridgehead atoms.